The van der Waals surface area contributed by atoms with Crippen molar-refractivity contribution in [1.82, 2.24) is 10.6 Å². The number of benzene rings is 1. The molecule has 0 heterocycles. The summed E-state index contributed by atoms with van der Waals surface area (Å²) in [6.07, 6.45) is 8.00. The van der Waals surface area contributed by atoms with Gasteiger partial charge in [0.15, 0.2) is 0 Å². The molecule has 6 nitrogen and oxygen atoms in total. The van der Waals surface area contributed by atoms with Crippen LogP contribution in [0, 0.1) is 0 Å². The van der Waals surface area contributed by atoms with Gasteiger partial charge in [-0.05, 0) is 50.3 Å². The molecule has 140 valence electrons. The normalized spacial score (nSPS) is 13.7. The molecule has 1 aliphatic carbocycles. The van der Waals surface area contributed by atoms with Crippen molar-refractivity contribution < 1.29 is 19.1 Å². The Kier molecular flexibility index (Phi) is 7.86. The Hall–Kier alpha value is -2.63. The minimum atomic E-state index is -0.429. The second kappa shape index (κ2) is 10.4. The number of hydrogen-bond acceptors (Lipinski definition) is 4. The predicted molar refractivity (Wildman–Crippen MR) is 98.9 cm³/mol. The van der Waals surface area contributed by atoms with Gasteiger partial charge in [-0.3, -0.25) is 14.4 Å². The van der Waals surface area contributed by atoms with E-state index in [1.807, 2.05) is 0 Å². The molecule has 0 saturated heterocycles. The fourth-order valence-corrected chi connectivity index (χ4v) is 2.86. The van der Waals surface area contributed by atoms with E-state index < -0.39 is 5.97 Å². The minimum Gasteiger partial charge on any atom is -0.427 e. The van der Waals surface area contributed by atoms with Gasteiger partial charge >= 0.3 is 5.97 Å². The molecule has 0 radical (unpaired) electrons. The summed E-state index contributed by atoms with van der Waals surface area (Å²) in [5, 5.41) is 5.64. The number of hydrogen-bond donors (Lipinski definition) is 2. The lowest BCUT2D eigenvalue weighted by molar-refractivity contribution is -0.131. The fourth-order valence-electron chi connectivity index (χ4n) is 2.86. The zero-order chi connectivity index (χ0) is 18.8. The number of amides is 2. The average molecular weight is 358 g/mol. The Labute approximate surface area is 154 Å². The number of allylic oxidation sites excluding steroid dienone is 1. The SMILES string of the molecule is CC(=O)Oc1cccc(C(=O)NCCCNC(=O)C=C2CCCCC2)c1. The van der Waals surface area contributed by atoms with E-state index >= 15 is 0 Å². The van der Waals surface area contributed by atoms with E-state index in [-0.39, 0.29) is 11.8 Å². The van der Waals surface area contributed by atoms with Gasteiger partial charge in [0.1, 0.15) is 5.75 Å². The van der Waals surface area contributed by atoms with E-state index in [2.05, 4.69) is 10.6 Å². The molecule has 6 heteroatoms. The van der Waals surface area contributed by atoms with Crippen molar-refractivity contribution in [3.05, 3.63) is 41.5 Å². The molecule has 2 amide bonds. The zero-order valence-electron chi connectivity index (χ0n) is 15.2. The van der Waals surface area contributed by atoms with Gasteiger partial charge in [-0.2, -0.15) is 0 Å². The van der Waals surface area contributed by atoms with Crippen molar-refractivity contribution in [2.75, 3.05) is 13.1 Å². The lowest BCUT2D eigenvalue weighted by Gasteiger charge is -2.13. The van der Waals surface area contributed by atoms with Gasteiger partial charge in [0.25, 0.3) is 5.91 Å². The predicted octanol–water partition coefficient (Wildman–Crippen LogP) is 2.74. The van der Waals surface area contributed by atoms with Crippen LogP contribution in [0.3, 0.4) is 0 Å². The van der Waals surface area contributed by atoms with Gasteiger partial charge in [-0.15, -0.1) is 0 Å². The quantitative estimate of drug-likeness (QED) is 0.340. The van der Waals surface area contributed by atoms with Crippen molar-refractivity contribution in [2.24, 2.45) is 0 Å². The highest BCUT2D eigenvalue weighted by molar-refractivity contribution is 5.94. The molecule has 1 fully saturated rings. The van der Waals surface area contributed by atoms with E-state index in [1.54, 1.807) is 24.3 Å². The van der Waals surface area contributed by atoms with E-state index in [1.165, 1.54) is 37.8 Å². The van der Waals surface area contributed by atoms with Crippen LogP contribution in [0.25, 0.3) is 0 Å². The molecule has 0 aliphatic heterocycles. The van der Waals surface area contributed by atoms with Crippen LogP contribution in [0.5, 0.6) is 5.75 Å². The molecule has 26 heavy (non-hydrogen) atoms. The summed E-state index contributed by atoms with van der Waals surface area (Å²) in [5.74, 6) is -0.383. The first-order chi connectivity index (χ1) is 12.5. The largest absolute Gasteiger partial charge is 0.427 e. The van der Waals surface area contributed by atoms with Crippen LogP contribution in [-0.4, -0.2) is 30.9 Å². The number of rotatable bonds is 7. The topological polar surface area (TPSA) is 84.5 Å². The van der Waals surface area contributed by atoms with Gasteiger partial charge in [-0.25, -0.2) is 0 Å². The summed E-state index contributed by atoms with van der Waals surface area (Å²) < 4.78 is 4.96. The maximum absolute atomic E-state index is 12.1. The summed E-state index contributed by atoms with van der Waals surface area (Å²) in [7, 11) is 0. The second-order valence-corrected chi connectivity index (χ2v) is 6.39. The fraction of sp³-hybridized carbons (Fsp3) is 0.450. The number of carbonyl (C=O) groups is 3. The van der Waals surface area contributed by atoms with Crippen LogP contribution in [-0.2, 0) is 9.59 Å². The molecule has 0 unspecified atom stereocenters. The van der Waals surface area contributed by atoms with Gasteiger partial charge in [0.2, 0.25) is 5.91 Å². The first kappa shape index (κ1) is 19.7. The van der Waals surface area contributed by atoms with Gasteiger partial charge < -0.3 is 15.4 Å². The van der Waals surface area contributed by atoms with Gasteiger partial charge in [0, 0.05) is 31.7 Å². The number of nitrogens with one attached hydrogen (secondary N) is 2. The van der Waals surface area contributed by atoms with E-state index in [0.29, 0.717) is 30.8 Å². The van der Waals surface area contributed by atoms with Crippen LogP contribution in [0.2, 0.25) is 0 Å². The smallest absolute Gasteiger partial charge is 0.308 e. The molecule has 1 aromatic carbocycles. The van der Waals surface area contributed by atoms with Crippen molar-refractivity contribution in [1.29, 1.82) is 0 Å². The molecule has 2 N–H and O–H groups in total. The Morgan fingerprint density at radius 3 is 2.54 bits per heavy atom. The van der Waals surface area contributed by atoms with Gasteiger partial charge in [-0.1, -0.05) is 18.1 Å². The summed E-state index contributed by atoms with van der Waals surface area (Å²) in [6, 6.07) is 6.45. The van der Waals surface area contributed by atoms with Crippen LogP contribution in [0.1, 0.15) is 55.8 Å². The van der Waals surface area contributed by atoms with Crippen molar-refractivity contribution in [2.45, 2.75) is 45.4 Å². The molecule has 1 aromatic rings. The van der Waals surface area contributed by atoms with E-state index in [9.17, 15) is 14.4 Å². The maximum atomic E-state index is 12.1. The third-order valence-electron chi connectivity index (χ3n) is 4.13. The Morgan fingerprint density at radius 2 is 1.81 bits per heavy atom. The lowest BCUT2D eigenvalue weighted by Crippen LogP contribution is -2.29. The molecule has 1 saturated carbocycles. The maximum Gasteiger partial charge on any atom is 0.308 e. The molecule has 0 bridgehead atoms. The van der Waals surface area contributed by atoms with E-state index in [4.69, 9.17) is 4.74 Å². The number of ether oxygens (including phenoxy) is 1. The highest BCUT2D eigenvalue weighted by Crippen LogP contribution is 2.22. The van der Waals surface area contributed by atoms with Crippen LogP contribution in [0.4, 0.5) is 0 Å². The molecule has 0 atom stereocenters. The highest BCUT2D eigenvalue weighted by atomic mass is 16.5. The monoisotopic (exact) mass is 358 g/mol. The molecule has 2 rings (SSSR count). The summed E-state index contributed by atoms with van der Waals surface area (Å²) in [6.45, 7) is 2.27. The number of carbonyl (C=O) groups excluding carboxylic acids is 3. The first-order valence-electron chi connectivity index (χ1n) is 9.08. The first-order valence-corrected chi connectivity index (χ1v) is 9.08. The molecular weight excluding hydrogens is 332 g/mol. The van der Waals surface area contributed by atoms with E-state index in [0.717, 1.165) is 12.8 Å². The van der Waals surface area contributed by atoms with Gasteiger partial charge in [0.05, 0.1) is 0 Å². The zero-order valence-corrected chi connectivity index (χ0v) is 15.2. The Bertz CT molecular complexity index is 674. The van der Waals surface area contributed by atoms with Crippen molar-refractivity contribution in [3.63, 3.8) is 0 Å². The molecule has 1 aliphatic rings. The molecule has 0 spiro atoms. The lowest BCUT2D eigenvalue weighted by atomic mass is 9.95. The third-order valence-corrected chi connectivity index (χ3v) is 4.13. The standard InChI is InChI=1S/C20H26N2O4/c1-15(23)26-18-10-5-9-17(14-18)20(25)22-12-6-11-21-19(24)13-16-7-3-2-4-8-16/h5,9-10,13-14H,2-4,6-8,11-12H2,1H3,(H,21,24)(H,22,25). The number of esters is 1. The Balaban J connectivity index is 1.67. The summed E-state index contributed by atoms with van der Waals surface area (Å²) in [5.41, 5.74) is 1.66. The van der Waals surface area contributed by atoms with Crippen molar-refractivity contribution >= 4 is 17.8 Å². The van der Waals surface area contributed by atoms with Crippen molar-refractivity contribution in [3.8, 4) is 5.75 Å². The van der Waals surface area contributed by atoms with Crippen LogP contribution in [0.15, 0.2) is 35.9 Å². The average Bonchev–Trinajstić information content (AvgIpc) is 2.61. The highest BCUT2D eigenvalue weighted by Gasteiger charge is 2.08. The summed E-state index contributed by atoms with van der Waals surface area (Å²) >= 11 is 0. The Morgan fingerprint density at radius 1 is 1.08 bits per heavy atom. The van der Waals surface area contributed by atoms with Crippen LogP contribution < -0.4 is 15.4 Å². The third kappa shape index (κ3) is 7.09. The minimum absolute atomic E-state index is 0.0534. The molecule has 0 aromatic heterocycles. The molecular formula is C20H26N2O4. The van der Waals surface area contributed by atoms with Crippen LogP contribution >= 0.6 is 0 Å². The second-order valence-electron chi connectivity index (χ2n) is 6.39. The summed E-state index contributed by atoms with van der Waals surface area (Å²) in [4.78, 5) is 34.9.